The van der Waals surface area contributed by atoms with E-state index in [9.17, 15) is 14.0 Å². The predicted molar refractivity (Wildman–Crippen MR) is 94.7 cm³/mol. The number of nitrogens with zero attached hydrogens (tertiary/aromatic N) is 1. The summed E-state index contributed by atoms with van der Waals surface area (Å²) < 4.78 is 26.9. The van der Waals surface area contributed by atoms with Gasteiger partial charge in [-0.1, -0.05) is 37.6 Å². The minimum absolute atomic E-state index is 0.0780. The van der Waals surface area contributed by atoms with Crippen molar-refractivity contribution in [2.45, 2.75) is 57.9 Å². The zero-order valence-corrected chi connectivity index (χ0v) is 14.1. The van der Waals surface area contributed by atoms with Crippen LogP contribution >= 0.6 is 0 Å². The van der Waals surface area contributed by atoms with Crippen molar-refractivity contribution in [2.24, 2.45) is 0 Å². The Balaban J connectivity index is 2.29. The highest BCUT2D eigenvalue weighted by Crippen LogP contribution is 2.33. The lowest BCUT2D eigenvalue weighted by molar-refractivity contribution is 0.422. The van der Waals surface area contributed by atoms with Gasteiger partial charge in [-0.15, -0.1) is 0 Å². The molecule has 0 aromatic heterocycles. The molecule has 128 valence electrons. The first-order chi connectivity index (χ1) is 11.7. The summed E-state index contributed by atoms with van der Waals surface area (Å²) in [6, 6.07) is 8.87. The molecule has 0 fully saturated rings. The van der Waals surface area contributed by atoms with Gasteiger partial charge in [0, 0.05) is 16.8 Å². The van der Waals surface area contributed by atoms with E-state index in [-0.39, 0.29) is 5.57 Å². The van der Waals surface area contributed by atoms with Crippen LogP contribution in [0.5, 0.6) is 0 Å². The second-order valence-electron chi connectivity index (χ2n) is 6.12. The number of hydrogen-bond donors (Lipinski definition) is 1. The molecule has 2 rings (SSSR count). The van der Waals surface area contributed by atoms with Gasteiger partial charge in [0.05, 0.1) is 6.07 Å². The number of hydrogen-bond acceptors (Lipinski definition) is 2. The van der Waals surface area contributed by atoms with Crippen LogP contribution in [0.15, 0.2) is 42.0 Å². The maximum Gasteiger partial charge on any atom is 0.274 e. The van der Waals surface area contributed by atoms with Gasteiger partial charge in [0.1, 0.15) is 6.04 Å². The Morgan fingerprint density at radius 2 is 2.08 bits per heavy atom. The van der Waals surface area contributed by atoms with Gasteiger partial charge in [-0.2, -0.15) is 14.0 Å². The maximum absolute atomic E-state index is 13.4. The van der Waals surface area contributed by atoms with Crippen LogP contribution in [0, 0.1) is 11.3 Å². The number of halogens is 2. The van der Waals surface area contributed by atoms with Crippen molar-refractivity contribution < 1.29 is 8.78 Å². The van der Waals surface area contributed by atoms with E-state index in [0.717, 1.165) is 37.7 Å². The molecule has 0 heterocycles. The average Bonchev–Trinajstić information content (AvgIpc) is 2.61. The molecule has 1 aliphatic carbocycles. The lowest BCUT2D eigenvalue weighted by atomic mass is 9.93. The van der Waals surface area contributed by atoms with Gasteiger partial charge < -0.3 is 5.32 Å². The van der Waals surface area contributed by atoms with Crippen molar-refractivity contribution in [1.82, 2.24) is 0 Å². The third kappa shape index (κ3) is 4.67. The molecule has 0 spiro atoms. The van der Waals surface area contributed by atoms with Gasteiger partial charge >= 0.3 is 0 Å². The van der Waals surface area contributed by atoms with Crippen molar-refractivity contribution in [3.05, 3.63) is 47.6 Å². The third-order valence-electron chi connectivity index (χ3n) is 4.39. The molecule has 1 aromatic rings. The second kappa shape index (κ2) is 9.22. The van der Waals surface area contributed by atoms with E-state index >= 15 is 0 Å². The first kappa shape index (κ1) is 18.2. The van der Waals surface area contributed by atoms with Crippen LogP contribution in [0.25, 0.3) is 5.57 Å². The molecule has 0 aliphatic heterocycles. The molecule has 1 atom stereocenters. The van der Waals surface area contributed by atoms with Crippen LogP contribution in [-0.2, 0) is 0 Å². The Kier molecular flexibility index (Phi) is 6.99. The predicted octanol–water partition coefficient (Wildman–Crippen LogP) is 6.29. The molecule has 0 radical (unpaired) electrons. The average molecular weight is 330 g/mol. The van der Waals surface area contributed by atoms with E-state index in [0.29, 0.717) is 24.1 Å². The largest absolute Gasteiger partial charge is 0.366 e. The number of benzene rings is 1. The van der Waals surface area contributed by atoms with Crippen LogP contribution in [0.2, 0.25) is 0 Å². The summed E-state index contributed by atoms with van der Waals surface area (Å²) in [5.41, 5.74) is 2.25. The van der Waals surface area contributed by atoms with E-state index in [1.54, 1.807) is 18.2 Å². The SMILES string of the molecule is CCCCC(=C(F)F)c1ccccc1NC(C#N)C1=CCCCC1. The zero-order valence-electron chi connectivity index (χ0n) is 14.1. The standard InChI is InChI=1S/C20H24F2N2/c1-2-3-11-17(20(21)22)16-12-7-8-13-18(16)24-19(14-23)15-9-5-4-6-10-15/h7-9,12-13,19,24H,2-6,10-11H2,1H3. The zero-order chi connectivity index (χ0) is 17.4. The summed E-state index contributed by atoms with van der Waals surface area (Å²) in [5.74, 6) is 0. The van der Waals surface area contributed by atoms with Gasteiger partial charge in [-0.05, 0) is 50.2 Å². The summed E-state index contributed by atoms with van der Waals surface area (Å²) in [4.78, 5) is 0. The lowest BCUT2D eigenvalue weighted by Crippen LogP contribution is -2.22. The van der Waals surface area contributed by atoms with Crippen molar-refractivity contribution in [3.63, 3.8) is 0 Å². The molecule has 0 saturated carbocycles. The molecule has 1 unspecified atom stereocenters. The van der Waals surface area contributed by atoms with Crippen LogP contribution in [0.1, 0.15) is 57.4 Å². The molecule has 4 heteroatoms. The smallest absolute Gasteiger partial charge is 0.274 e. The highest BCUT2D eigenvalue weighted by atomic mass is 19.3. The fourth-order valence-corrected chi connectivity index (χ4v) is 3.05. The first-order valence-electron chi connectivity index (χ1n) is 8.66. The van der Waals surface area contributed by atoms with Crippen molar-refractivity contribution >= 4 is 11.3 Å². The van der Waals surface area contributed by atoms with E-state index in [4.69, 9.17) is 0 Å². The number of para-hydroxylation sites is 1. The molecule has 0 bridgehead atoms. The minimum Gasteiger partial charge on any atom is -0.366 e. The molecule has 0 saturated heterocycles. The molecule has 2 nitrogen and oxygen atoms in total. The van der Waals surface area contributed by atoms with Crippen LogP contribution in [-0.4, -0.2) is 6.04 Å². The van der Waals surface area contributed by atoms with Crippen LogP contribution < -0.4 is 5.32 Å². The van der Waals surface area contributed by atoms with E-state index in [1.807, 2.05) is 13.0 Å². The maximum atomic E-state index is 13.4. The number of unbranched alkanes of at least 4 members (excludes halogenated alkanes) is 1. The summed E-state index contributed by atoms with van der Waals surface area (Å²) in [6.07, 6.45) is 6.50. The van der Waals surface area contributed by atoms with Crippen molar-refractivity contribution in [1.29, 1.82) is 5.26 Å². The topological polar surface area (TPSA) is 35.8 Å². The van der Waals surface area contributed by atoms with E-state index < -0.39 is 12.1 Å². The summed E-state index contributed by atoms with van der Waals surface area (Å²) >= 11 is 0. The quantitative estimate of drug-likeness (QED) is 0.596. The molecule has 24 heavy (non-hydrogen) atoms. The second-order valence-corrected chi connectivity index (χ2v) is 6.12. The Hall–Kier alpha value is -2.15. The fraction of sp³-hybridized carbons (Fsp3) is 0.450. The van der Waals surface area contributed by atoms with Gasteiger partial charge in [-0.3, -0.25) is 0 Å². The van der Waals surface area contributed by atoms with Gasteiger partial charge in [0.15, 0.2) is 0 Å². The van der Waals surface area contributed by atoms with Crippen LogP contribution in [0.3, 0.4) is 0 Å². The fourth-order valence-electron chi connectivity index (χ4n) is 3.05. The van der Waals surface area contributed by atoms with E-state index in [1.165, 1.54) is 0 Å². The highest BCUT2D eigenvalue weighted by molar-refractivity contribution is 5.77. The number of allylic oxidation sites excluding steroid dienone is 2. The summed E-state index contributed by atoms with van der Waals surface area (Å²) in [7, 11) is 0. The number of rotatable bonds is 7. The third-order valence-corrected chi connectivity index (χ3v) is 4.39. The van der Waals surface area contributed by atoms with Gasteiger partial charge in [0.25, 0.3) is 6.08 Å². The Morgan fingerprint density at radius 3 is 2.71 bits per heavy atom. The van der Waals surface area contributed by atoms with E-state index in [2.05, 4.69) is 17.5 Å². The number of anilines is 1. The summed E-state index contributed by atoms with van der Waals surface area (Å²) in [6.45, 7) is 1.99. The van der Waals surface area contributed by atoms with Gasteiger partial charge in [-0.25, -0.2) is 0 Å². The monoisotopic (exact) mass is 330 g/mol. The van der Waals surface area contributed by atoms with Crippen molar-refractivity contribution in [2.75, 3.05) is 5.32 Å². The molecular weight excluding hydrogens is 306 g/mol. The Labute approximate surface area is 142 Å². The lowest BCUT2D eigenvalue weighted by Gasteiger charge is -2.22. The molecule has 1 N–H and O–H groups in total. The first-order valence-corrected chi connectivity index (χ1v) is 8.66. The molecule has 1 aliphatic rings. The molecule has 1 aromatic carbocycles. The highest BCUT2D eigenvalue weighted by Gasteiger charge is 2.19. The van der Waals surface area contributed by atoms with Crippen molar-refractivity contribution in [3.8, 4) is 6.07 Å². The normalized spacial score (nSPS) is 15.2. The minimum atomic E-state index is -1.64. The van der Waals surface area contributed by atoms with Gasteiger partial charge in [0.2, 0.25) is 0 Å². The summed E-state index contributed by atoms with van der Waals surface area (Å²) in [5, 5.41) is 12.7. The number of nitriles is 1. The molecule has 0 amide bonds. The molecular formula is C20H24F2N2. The number of nitrogens with one attached hydrogen (secondary N) is 1. The Bertz CT molecular complexity index is 652. The van der Waals surface area contributed by atoms with Crippen LogP contribution in [0.4, 0.5) is 14.5 Å². The Morgan fingerprint density at radius 1 is 1.29 bits per heavy atom.